The minimum atomic E-state index is -0.215. The van der Waals surface area contributed by atoms with Gasteiger partial charge in [0.1, 0.15) is 27.6 Å². The van der Waals surface area contributed by atoms with E-state index < -0.39 is 0 Å². The number of hydrogen-bond acceptors (Lipinski definition) is 7. The lowest BCUT2D eigenvalue weighted by Gasteiger charge is -2.24. The first-order valence-electron chi connectivity index (χ1n) is 12.4. The molecule has 2 heterocycles. The Bertz CT molecular complexity index is 1450. The maximum Gasteiger partial charge on any atom is 0.309 e. The molecule has 0 spiro atoms. The zero-order valence-electron chi connectivity index (χ0n) is 21.3. The van der Waals surface area contributed by atoms with E-state index >= 15 is 0 Å². The van der Waals surface area contributed by atoms with Crippen molar-refractivity contribution in [1.82, 2.24) is 14.8 Å². The van der Waals surface area contributed by atoms with Gasteiger partial charge in [-0.25, -0.2) is 4.98 Å². The second kappa shape index (κ2) is 11.8. The summed E-state index contributed by atoms with van der Waals surface area (Å²) in [5, 5.41) is 9.25. The van der Waals surface area contributed by atoms with Gasteiger partial charge in [0.05, 0.1) is 37.1 Å². The van der Waals surface area contributed by atoms with Crippen LogP contribution in [0.15, 0.2) is 72.9 Å². The Labute approximate surface area is 235 Å². The topological polar surface area (TPSA) is 87.5 Å². The number of aromatic nitrogens is 3. The molecule has 2 aromatic carbocycles. The minimum absolute atomic E-state index is 0.0547. The Morgan fingerprint density at radius 3 is 2.76 bits per heavy atom. The summed E-state index contributed by atoms with van der Waals surface area (Å²) in [5.41, 5.74) is 2.93. The van der Waals surface area contributed by atoms with E-state index in [1.807, 2.05) is 59.3 Å². The second-order valence-electron chi connectivity index (χ2n) is 9.08. The van der Waals surface area contributed by atoms with Gasteiger partial charge in [0.15, 0.2) is 0 Å². The fraction of sp³-hybridized carbons (Fsp3) is 0.276. The number of allylic oxidation sites excluding steroid dienone is 2. The van der Waals surface area contributed by atoms with E-state index in [1.54, 1.807) is 20.4 Å². The number of methoxy groups -OCH3 is 2. The largest absolute Gasteiger partial charge is 0.497 e. The van der Waals surface area contributed by atoms with E-state index in [1.165, 1.54) is 0 Å². The molecule has 38 heavy (non-hydrogen) atoms. The molecule has 2 atom stereocenters. The first kappa shape index (κ1) is 26.0. The lowest BCUT2D eigenvalue weighted by Crippen LogP contribution is -2.24. The Balaban J connectivity index is 1.32. The van der Waals surface area contributed by atoms with Crippen LogP contribution in [-0.4, -0.2) is 35.0 Å². The lowest BCUT2D eigenvalue weighted by molar-refractivity contribution is -0.150. The normalized spacial score (nSPS) is 16.8. The zero-order chi connectivity index (χ0) is 26.5. The summed E-state index contributed by atoms with van der Waals surface area (Å²) in [7, 11) is 3.28. The number of hydrogen-bond donors (Lipinski definition) is 1. The molecular formula is C29H29IN4O4. The van der Waals surface area contributed by atoms with Gasteiger partial charge < -0.3 is 19.5 Å². The lowest BCUT2D eigenvalue weighted by atomic mass is 9.91. The van der Waals surface area contributed by atoms with Crippen molar-refractivity contribution in [2.75, 3.05) is 19.5 Å². The average Bonchev–Trinajstić information content (AvgIpc) is 3.32. The Morgan fingerprint density at radius 1 is 1.13 bits per heavy atom. The maximum absolute atomic E-state index is 12.9. The smallest absolute Gasteiger partial charge is 0.309 e. The second-order valence-corrected chi connectivity index (χ2v) is 10.1. The SMILES string of the molecule is COc1ccc(CNc2nccc3c2c(I)nn3[C@@H]2C=CC[C@@H](C(=O)OCc3ccccc3)C2)c(OC)c1. The summed E-state index contributed by atoms with van der Waals surface area (Å²) in [5.74, 6) is 1.84. The quantitative estimate of drug-likeness (QED) is 0.141. The van der Waals surface area contributed by atoms with Gasteiger partial charge in [-0.05, 0) is 59.2 Å². The average molecular weight is 624 g/mol. The van der Waals surface area contributed by atoms with Crippen LogP contribution >= 0.6 is 22.6 Å². The van der Waals surface area contributed by atoms with E-state index in [4.69, 9.17) is 19.3 Å². The van der Waals surface area contributed by atoms with Crippen LogP contribution in [0.25, 0.3) is 10.9 Å². The van der Waals surface area contributed by atoms with Crippen molar-refractivity contribution < 1.29 is 19.0 Å². The van der Waals surface area contributed by atoms with Crippen LogP contribution in [0, 0.1) is 9.62 Å². The molecule has 0 amide bonds. The van der Waals surface area contributed by atoms with E-state index in [9.17, 15) is 4.79 Å². The van der Waals surface area contributed by atoms with Gasteiger partial charge in [-0.15, -0.1) is 0 Å². The molecule has 0 saturated carbocycles. The molecule has 0 bridgehead atoms. The highest BCUT2D eigenvalue weighted by molar-refractivity contribution is 14.1. The number of anilines is 1. The van der Waals surface area contributed by atoms with Crippen molar-refractivity contribution in [2.45, 2.75) is 32.0 Å². The maximum atomic E-state index is 12.9. The molecule has 5 rings (SSSR count). The number of fused-ring (bicyclic) bond motifs is 1. The first-order chi connectivity index (χ1) is 18.6. The predicted octanol–water partition coefficient (Wildman–Crippen LogP) is 5.92. The van der Waals surface area contributed by atoms with Crippen LogP contribution in [0.2, 0.25) is 0 Å². The number of rotatable bonds is 9. The number of ether oxygens (including phenoxy) is 3. The molecule has 9 heteroatoms. The van der Waals surface area contributed by atoms with Crippen LogP contribution in [0.1, 0.15) is 30.0 Å². The van der Waals surface area contributed by atoms with E-state index in [0.29, 0.717) is 19.4 Å². The number of esters is 1. The highest BCUT2D eigenvalue weighted by atomic mass is 127. The highest BCUT2D eigenvalue weighted by Crippen LogP contribution is 2.34. The van der Waals surface area contributed by atoms with Crippen LogP contribution in [-0.2, 0) is 22.7 Å². The number of pyridine rings is 1. The number of benzene rings is 2. The monoisotopic (exact) mass is 624 g/mol. The molecule has 0 radical (unpaired) electrons. The van der Waals surface area contributed by atoms with E-state index in [0.717, 1.165) is 43.0 Å². The predicted molar refractivity (Wildman–Crippen MR) is 154 cm³/mol. The van der Waals surface area contributed by atoms with Crippen LogP contribution in [0.5, 0.6) is 11.5 Å². The third-order valence-electron chi connectivity index (χ3n) is 6.69. The van der Waals surface area contributed by atoms with Gasteiger partial charge >= 0.3 is 5.97 Å². The number of halogens is 1. The summed E-state index contributed by atoms with van der Waals surface area (Å²) in [6.45, 7) is 0.812. The molecule has 4 aromatic rings. The minimum Gasteiger partial charge on any atom is -0.497 e. The Kier molecular flexibility index (Phi) is 8.11. The number of carbonyl (C=O) groups is 1. The van der Waals surface area contributed by atoms with Gasteiger partial charge in [-0.3, -0.25) is 9.48 Å². The molecule has 1 aliphatic carbocycles. The zero-order valence-corrected chi connectivity index (χ0v) is 23.4. The third-order valence-corrected chi connectivity index (χ3v) is 7.45. The van der Waals surface area contributed by atoms with Crippen molar-refractivity contribution in [3.05, 3.63) is 87.8 Å². The third kappa shape index (κ3) is 5.62. The van der Waals surface area contributed by atoms with Crippen molar-refractivity contribution in [3.63, 3.8) is 0 Å². The Morgan fingerprint density at radius 2 is 1.97 bits per heavy atom. The molecule has 1 aliphatic rings. The van der Waals surface area contributed by atoms with Crippen molar-refractivity contribution in [2.24, 2.45) is 5.92 Å². The first-order valence-corrected chi connectivity index (χ1v) is 13.5. The molecule has 0 aliphatic heterocycles. The summed E-state index contributed by atoms with van der Waals surface area (Å²) in [4.78, 5) is 17.5. The molecule has 1 N–H and O–H groups in total. The van der Waals surface area contributed by atoms with E-state index in [-0.39, 0.29) is 24.5 Å². The Hall–Kier alpha value is -3.60. The number of nitrogens with zero attached hydrogens (tertiary/aromatic N) is 3. The summed E-state index contributed by atoms with van der Waals surface area (Å²) in [6.07, 6.45) is 7.25. The van der Waals surface area contributed by atoms with Crippen molar-refractivity contribution in [1.29, 1.82) is 0 Å². The summed E-state index contributed by atoms with van der Waals surface area (Å²) < 4.78 is 19.3. The van der Waals surface area contributed by atoms with Crippen LogP contribution < -0.4 is 14.8 Å². The van der Waals surface area contributed by atoms with Gasteiger partial charge in [0.25, 0.3) is 0 Å². The molecule has 196 valence electrons. The van der Waals surface area contributed by atoms with Crippen LogP contribution in [0.4, 0.5) is 5.82 Å². The molecule has 0 unspecified atom stereocenters. The molecular weight excluding hydrogens is 595 g/mol. The van der Waals surface area contributed by atoms with Gasteiger partial charge in [-0.2, -0.15) is 5.10 Å². The molecule has 8 nitrogen and oxygen atoms in total. The van der Waals surface area contributed by atoms with Gasteiger partial charge in [0, 0.05) is 24.4 Å². The molecule has 0 saturated heterocycles. The molecule has 0 fully saturated rings. The number of carbonyl (C=O) groups excluding carboxylic acids is 1. The van der Waals surface area contributed by atoms with Gasteiger partial charge in [-0.1, -0.05) is 42.5 Å². The molecule has 2 aromatic heterocycles. The van der Waals surface area contributed by atoms with Gasteiger partial charge in [0.2, 0.25) is 0 Å². The van der Waals surface area contributed by atoms with Crippen molar-refractivity contribution >= 4 is 45.3 Å². The highest BCUT2D eigenvalue weighted by Gasteiger charge is 2.28. The van der Waals surface area contributed by atoms with Crippen molar-refractivity contribution in [3.8, 4) is 11.5 Å². The van der Waals surface area contributed by atoms with Crippen LogP contribution in [0.3, 0.4) is 0 Å². The fourth-order valence-corrected chi connectivity index (χ4v) is 5.46. The fourth-order valence-electron chi connectivity index (χ4n) is 4.69. The number of nitrogens with one attached hydrogen (secondary N) is 1. The standard InChI is InChI=1S/C29H29IN4O4/c1-36-23-12-11-21(25(16-23)37-2)17-32-28-26-24(13-14-31-28)34(33-27(26)30)22-10-6-9-20(15-22)29(35)38-18-19-7-4-3-5-8-19/h3-8,10-14,16,20,22H,9,15,17-18H2,1-2H3,(H,31,32)/t20-,22-/m1/s1. The summed E-state index contributed by atoms with van der Waals surface area (Å²) >= 11 is 2.25. The summed E-state index contributed by atoms with van der Waals surface area (Å²) in [6, 6.07) is 17.4. The van der Waals surface area contributed by atoms with E-state index in [2.05, 4.69) is 45.0 Å².